The van der Waals surface area contributed by atoms with Crippen molar-refractivity contribution >= 4 is 6.29 Å². The SMILES string of the molecule is Cc1nnc(COc2ccc(F)cc2C=O)n1C. The van der Waals surface area contributed by atoms with Crippen LogP contribution in [0.25, 0.3) is 0 Å². The molecule has 0 bridgehead atoms. The van der Waals surface area contributed by atoms with Crippen LogP contribution in [0.5, 0.6) is 5.75 Å². The Morgan fingerprint density at radius 1 is 1.44 bits per heavy atom. The normalized spacial score (nSPS) is 10.4. The first kappa shape index (κ1) is 12.2. The predicted molar refractivity (Wildman–Crippen MR) is 61.9 cm³/mol. The van der Waals surface area contributed by atoms with E-state index in [4.69, 9.17) is 4.74 Å². The van der Waals surface area contributed by atoms with Crippen LogP contribution in [0.15, 0.2) is 18.2 Å². The molecule has 0 spiro atoms. The number of hydrogen-bond donors (Lipinski definition) is 0. The maximum atomic E-state index is 12.9. The lowest BCUT2D eigenvalue weighted by atomic mass is 10.2. The Hall–Kier alpha value is -2.24. The fourth-order valence-corrected chi connectivity index (χ4v) is 1.46. The molecule has 0 unspecified atom stereocenters. The van der Waals surface area contributed by atoms with Crippen LogP contribution < -0.4 is 4.74 Å². The van der Waals surface area contributed by atoms with Gasteiger partial charge in [-0.3, -0.25) is 4.79 Å². The Morgan fingerprint density at radius 2 is 2.22 bits per heavy atom. The molecule has 2 aromatic rings. The first-order valence-electron chi connectivity index (χ1n) is 5.34. The summed E-state index contributed by atoms with van der Waals surface area (Å²) in [7, 11) is 1.82. The third kappa shape index (κ3) is 2.37. The number of rotatable bonds is 4. The lowest BCUT2D eigenvalue weighted by Crippen LogP contribution is -2.05. The Balaban J connectivity index is 2.15. The van der Waals surface area contributed by atoms with Gasteiger partial charge >= 0.3 is 0 Å². The second-order valence-electron chi connectivity index (χ2n) is 3.81. The third-order valence-corrected chi connectivity index (χ3v) is 2.64. The van der Waals surface area contributed by atoms with Crippen LogP contribution in [0.1, 0.15) is 22.0 Å². The molecule has 0 aliphatic rings. The van der Waals surface area contributed by atoms with E-state index in [0.717, 1.165) is 11.9 Å². The van der Waals surface area contributed by atoms with E-state index < -0.39 is 5.82 Å². The average Bonchev–Trinajstić information content (AvgIpc) is 2.68. The van der Waals surface area contributed by atoms with Crippen LogP contribution in [-0.2, 0) is 13.7 Å². The topological polar surface area (TPSA) is 57.0 Å². The van der Waals surface area contributed by atoms with Crippen molar-refractivity contribution in [2.75, 3.05) is 0 Å². The molecular weight excluding hydrogens is 237 g/mol. The zero-order valence-corrected chi connectivity index (χ0v) is 10.1. The van der Waals surface area contributed by atoms with E-state index in [1.807, 2.05) is 14.0 Å². The highest BCUT2D eigenvalue weighted by Gasteiger charge is 2.08. The molecule has 0 fully saturated rings. The molecule has 6 heteroatoms. The second kappa shape index (κ2) is 4.95. The summed E-state index contributed by atoms with van der Waals surface area (Å²) in [5, 5.41) is 7.82. The van der Waals surface area contributed by atoms with Crippen molar-refractivity contribution in [2.45, 2.75) is 13.5 Å². The zero-order valence-electron chi connectivity index (χ0n) is 10.1. The van der Waals surface area contributed by atoms with E-state index in [-0.39, 0.29) is 12.2 Å². The lowest BCUT2D eigenvalue weighted by molar-refractivity contribution is 0.111. The highest BCUT2D eigenvalue weighted by molar-refractivity contribution is 5.79. The number of carbonyl (C=O) groups excluding carboxylic acids is 1. The standard InChI is InChI=1S/C12H12FN3O2/c1-8-14-15-12(16(8)2)7-18-11-4-3-10(13)5-9(11)6-17/h3-6H,7H2,1-2H3. The van der Waals surface area contributed by atoms with Crippen molar-refractivity contribution in [1.82, 2.24) is 14.8 Å². The number of aldehydes is 1. The molecule has 0 amide bonds. The van der Waals surface area contributed by atoms with Crippen LogP contribution in [0.3, 0.4) is 0 Å². The molecule has 18 heavy (non-hydrogen) atoms. The number of benzene rings is 1. The van der Waals surface area contributed by atoms with E-state index in [1.165, 1.54) is 12.1 Å². The van der Waals surface area contributed by atoms with Crippen molar-refractivity contribution in [2.24, 2.45) is 7.05 Å². The van der Waals surface area contributed by atoms with Crippen LogP contribution in [-0.4, -0.2) is 21.1 Å². The van der Waals surface area contributed by atoms with Crippen LogP contribution >= 0.6 is 0 Å². The van der Waals surface area contributed by atoms with Gasteiger partial charge in [-0.1, -0.05) is 0 Å². The quantitative estimate of drug-likeness (QED) is 0.773. The van der Waals surface area contributed by atoms with Gasteiger partial charge in [0.15, 0.2) is 12.1 Å². The third-order valence-electron chi connectivity index (χ3n) is 2.64. The minimum atomic E-state index is -0.473. The number of carbonyl (C=O) groups is 1. The molecule has 0 aliphatic carbocycles. The maximum Gasteiger partial charge on any atom is 0.170 e. The molecule has 1 aromatic heterocycles. The molecule has 0 saturated heterocycles. The van der Waals surface area contributed by atoms with Crippen molar-refractivity contribution in [3.63, 3.8) is 0 Å². The van der Waals surface area contributed by atoms with Crippen molar-refractivity contribution in [1.29, 1.82) is 0 Å². The molecule has 0 aliphatic heterocycles. The van der Waals surface area contributed by atoms with Gasteiger partial charge in [0.2, 0.25) is 0 Å². The Morgan fingerprint density at radius 3 is 2.83 bits per heavy atom. The highest BCUT2D eigenvalue weighted by atomic mass is 19.1. The van der Waals surface area contributed by atoms with Gasteiger partial charge in [-0.2, -0.15) is 0 Å². The zero-order chi connectivity index (χ0) is 13.1. The summed E-state index contributed by atoms with van der Waals surface area (Å²) in [4.78, 5) is 10.8. The van der Waals surface area contributed by atoms with Gasteiger partial charge in [0.05, 0.1) is 5.56 Å². The van der Waals surface area contributed by atoms with Crippen molar-refractivity contribution in [3.05, 3.63) is 41.2 Å². The largest absolute Gasteiger partial charge is 0.485 e. The Kier molecular flexibility index (Phi) is 3.36. The fraction of sp³-hybridized carbons (Fsp3) is 0.250. The first-order chi connectivity index (χ1) is 8.61. The van der Waals surface area contributed by atoms with Gasteiger partial charge in [-0.05, 0) is 25.1 Å². The Bertz CT molecular complexity index is 581. The molecule has 1 heterocycles. The smallest absolute Gasteiger partial charge is 0.170 e. The molecule has 1 aromatic carbocycles. The van der Waals surface area contributed by atoms with E-state index in [9.17, 15) is 9.18 Å². The van der Waals surface area contributed by atoms with Crippen molar-refractivity contribution < 1.29 is 13.9 Å². The molecular formula is C12H12FN3O2. The average molecular weight is 249 g/mol. The fourth-order valence-electron chi connectivity index (χ4n) is 1.46. The summed E-state index contributed by atoms with van der Waals surface area (Å²) in [6, 6.07) is 3.79. The minimum Gasteiger partial charge on any atom is -0.485 e. The lowest BCUT2D eigenvalue weighted by Gasteiger charge is -2.08. The Labute approximate surface area is 103 Å². The van der Waals surface area contributed by atoms with Crippen LogP contribution in [0.2, 0.25) is 0 Å². The number of nitrogens with zero attached hydrogens (tertiary/aromatic N) is 3. The summed E-state index contributed by atoms with van der Waals surface area (Å²) in [6.07, 6.45) is 0.556. The molecule has 5 nitrogen and oxygen atoms in total. The van der Waals surface area contributed by atoms with Gasteiger partial charge in [0, 0.05) is 7.05 Å². The van der Waals surface area contributed by atoms with Gasteiger partial charge in [-0.15, -0.1) is 10.2 Å². The van der Waals surface area contributed by atoms with Gasteiger partial charge in [-0.25, -0.2) is 4.39 Å². The van der Waals surface area contributed by atoms with Crippen molar-refractivity contribution in [3.8, 4) is 5.75 Å². The van der Waals surface area contributed by atoms with Gasteiger partial charge in [0.25, 0.3) is 0 Å². The molecule has 0 N–H and O–H groups in total. The summed E-state index contributed by atoms with van der Waals surface area (Å²) in [5.74, 6) is 1.25. The van der Waals surface area contributed by atoms with E-state index in [0.29, 0.717) is 17.9 Å². The molecule has 0 atom stereocenters. The highest BCUT2D eigenvalue weighted by Crippen LogP contribution is 2.18. The molecule has 2 rings (SSSR count). The number of hydrogen-bond acceptors (Lipinski definition) is 4. The molecule has 94 valence electrons. The summed E-state index contributed by atoms with van der Waals surface area (Å²) < 4.78 is 20.1. The van der Waals surface area contributed by atoms with E-state index in [1.54, 1.807) is 4.57 Å². The number of halogens is 1. The summed E-state index contributed by atoms with van der Waals surface area (Å²) in [6.45, 7) is 2.00. The second-order valence-corrected chi connectivity index (χ2v) is 3.81. The maximum absolute atomic E-state index is 12.9. The number of ether oxygens (including phenoxy) is 1. The minimum absolute atomic E-state index is 0.170. The molecule has 0 radical (unpaired) electrons. The summed E-state index contributed by atoms with van der Waals surface area (Å²) in [5.41, 5.74) is 0.175. The monoisotopic (exact) mass is 249 g/mol. The summed E-state index contributed by atoms with van der Waals surface area (Å²) >= 11 is 0. The van der Waals surface area contributed by atoms with E-state index in [2.05, 4.69) is 10.2 Å². The van der Waals surface area contributed by atoms with Crippen LogP contribution in [0, 0.1) is 12.7 Å². The van der Waals surface area contributed by atoms with Gasteiger partial charge in [0.1, 0.15) is 24.0 Å². The molecule has 0 saturated carbocycles. The van der Waals surface area contributed by atoms with E-state index >= 15 is 0 Å². The number of aryl methyl sites for hydroxylation is 1. The predicted octanol–water partition coefficient (Wildman–Crippen LogP) is 1.65. The van der Waals surface area contributed by atoms with Gasteiger partial charge < -0.3 is 9.30 Å². The number of aromatic nitrogens is 3. The first-order valence-corrected chi connectivity index (χ1v) is 5.34. The van der Waals surface area contributed by atoms with Crippen LogP contribution in [0.4, 0.5) is 4.39 Å².